The quantitative estimate of drug-likeness (QED) is 0.791. The van der Waals surface area contributed by atoms with Crippen LogP contribution in [-0.2, 0) is 10.0 Å². The molecule has 0 aliphatic carbocycles. The van der Waals surface area contributed by atoms with Crippen LogP contribution in [0.15, 0.2) is 35.2 Å². The van der Waals surface area contributed by atoms with Crippen molar-refractivity contribution in [2.75, 3.05) is 13.1 Å². The van der Waals surface area contributed by atoms with Crippen molar-refractivity contribution in [3.63, 3.8) is 0 Å². The minimum atomic E-state index is -3.38. The van der Waals surface area contributed by atoms with Gasteiger partial charge in [0, 0.05) is 13.1 Å². The van der Waals surface area contributed by atoms with Gasteiger partial charge in [0.15, 0.2) is 0 Å². The van der Waals surface area contributed by atoms with Crippen molar-refractivity contribution in [1.29, 1.82) is 0 Å². The van der Waals surface area contributed by atoms with Crippen LogP contribution in [0, 0.1) is 12.8 Å². The van der Waals surface area contributed by atoms with Crippen molar-refractivity contribution >= 4 is 10.0 Å². The number of hydrogen-bond donors (Lipinski definition) is 0. The molecule has 0 amide bonds. The van der Waals surface area contributed by atoms with Crippen LogP contribution in [0.25, 0.3) is 0 Å². The van der Waals surface area contributed by atoms with E-state index in [1.165, 1.54) is 4.31 Å². The molecule has 0 fully saturated rings. The summed E-state index contributed by atoms with van der Waals surface area (Å²) in [6.45, 7) is 8.42. The van der Waals surface area contributed by atoms with E-state index in [2.05, 4.69) is 6.92 Å². The summed E-state index contributed by atoms with van der Waals surface area (Å²) in [6, 6.07) is 8.47. The SMILES string of the molecule is [CH2]CN(CC(C)C)S(=O)(=O)c1ccccc1. The molecule has 1 rings (SSSR count). The smallest absolute Gasteiger partial charge is 0.207 e. The second kappa shape index (κ2) is 5.46. The van der Waals surface area contributed by atoms with Crippen molar-refractivity contribution in [2.45, 2.75) is 18.7 Å². The molecule has 0 saturated heterocycles. The minimum absolute atomic E-state index is 0.259. The predicted octanol–water partition coefficient (Wildman–Crippen LogP) is 2.17. The zero-order valence-electron chi connectivity index (χ0n) is 9.76. The van der Waals surface area contributed by atoms with Gasteiger partial charge in [-0.05, 0) is 25.0 Å². The normalized spacial score (nSPS) is 12.3. The van der Waals surface area contributed by atoms with Crippen molar-refractivity contribution in [2.24, 2.45) is 5.92 Å². The third-order valence-corrected chi connectivity index (χ3v) is 4.08. The first-order chi connectivity index (χ1) is 7.48. The van der Waals surface area contributed by atoms with Crippen LogP contribution in [0.3, 0.4) is 0 Å². The maximum Gasteiger partial charge on any atom is 0.243 e. The summed E-state index contributed by atoms with van der Waals surface area (Å²) in [5, 5.41) is 0. The maximum atomic E-state index is 12.2. The van der Waals surface area contributed by atoms with E-state index in [4.69, 9.17) is 0 Å². The Kier molecular flexibility index (Phi) is 4.50. The second-order valence-corrected chi connectivity index (χ2v) is 6.01. The number of rotatable bonds is 5. The molecule has 16 heavy (non-hydrogen) atoms. The van der Waals surface area contributed by atoms with E-state index in [1.807, 2.05) is 13.8 Å². The first kappa shape index (κ1) is 13.2. The van der Waals surface area contributed by atoms with Gasteiger partial charge in [-0.2, -0.15) is 4.31 Å². The van der Waals surface area contributed by atoms with Crippen LogP contribution >= 0.6 is 0 Å². The van der Waals surface area contributed by atoms with Gasteiger partial charge >= 0.3 is 0 Å². The lowest BCUT2D eigenvalue weighted by Crippen LogP contribution is -2.34. The largest absolute Gasteiger partial charge is 0.243 e. The van der Waals surface area contributed by atoms with Crippen LogP contribution in [0.1, 0.15) is 13.8 Å². The molecular weight excluding hydrogens is 222 g/mol. The highest BCUT2D eigenvalue weighted by molar-refractivity contribution is 7.89. The van der Waals surface area contributed by atoms with E-state index < -0.39 is 10.0 Å². The van der Waals surface area contributed by atoms with Gasteiger partial charge in [-0.25, -0.2) is 8.42 Å². The summed E-state index contributed by atoms with van der Waals surface area (Å²) >= 11 is 0. The van der Waals surface area contributed by atoms with E-state index in [-0.39, 0.29) is 6.54 Å². The maximum absolute atomic E-state index is 12.2. The topological polar surface area (TPSA) is 37.4 Å². The van der Waals surface area contributed by atoms with Gasteiger partial charge in [-0.15, -0.1) is 0 Å². The average Bonchev–Trinajstić information content (AvgIpc) is 2.26. The number of sulfonamides is 1. The molecule has 0 atom stereocenters. The molecule has 0 unspecified atom stereocenters. The monoisotopic (exact) mass is 240 g/mol. The molecule has 0 spiro atoms. The Morgan fingerprint density at radius 3 is 2.25 bits per heavy atom. The molecule has 0 saturated carbocycles. The van der Waals surface area contributed by atoms with Gasteiger partial charge in [-0.3, -0.25) is 0 Å². The molecule has 0 aromatic heterocycles. The van der Waals surface area contributed by atoms with E-state index >= 15 is 0 Å². The summed E-state index contributed by atoms with van der Waals surface area (Å²) in [4.78, 5) is 0.333. The predicted molar refractivity (Wildman–Crippen MR) is 65.4 cm³/mol. The van der Waals surface area contributed by atoms with Gasteiger partial charge in [0.05, 0.1) is 4.90 Å². The van der Waals surface area contributed by atoms with Gasteiger partial charge in [-0.1, -0.05) is 32.0 Å². The van der Waals surface area contributed by atoms with Crippen molar-refractivity contribution in [3.05, 3.63) is 37.3 Å². The molecule has 1 radical (unpaired) electrons. The Bertz CT molecular complexity index is 412. The molecule has 0 bridgehead atoms. The molecule has 1 aromatic carbocycles. The lowest BCUT2D eigenvalue weighted by Gasteiger charge is -2.22. The lowest BCUT2D eigenvalue weighted by atomic mass is 10.2. The Balaban J connectivity index is 3.00. The van der Waals surface area contributed by atoms with E-state index in [0.717, 1.165) is 0 Å². The highest BCUT2D eigenvalue weighted by Crippen LogP contribution is 2.16. The third-order valence-electron chi connectivity index (χ3n) is 2.20. The standard InChI is InChI=1S/C12H18NO2S/c1-4-13(10-11(2)3)16(14,15)12-8-6-5-7-9-12/h5-9,11H,1,4,10H2,2-3H3. The molecular formula is C12H18NO2S. The highest BCUT2D eigenvalue weighted by Gasteiger charge is 2.22. The Labute approximate surface area is 98.1 Å². The first-order valence-corrected chi connectivity index (χ1v) is 6.77. The Morgan fingerprint density at radius 1 is 1.25 bits per heavy atom. The van der Waals surface area contributed by atoms with Crippen LogP contribution in [-0.4, -0.2) is 25.8 Å². The number of nitrogens with zero attached hydrogens (tertiary/aromatic N) is 1. The molecule has 3 nitrogen and oxygen atoms in total. The van der Waals surface area contributed by atoms with Gasteiger partial charge < -0.3 is 0 Å². The molecule has 0 N–H and O–H groups in total. The van der Waals surface area contributed by atoms with Gasteiger partial charge in [0.25, 0.3) is 0 Å². The van der Waals surface area contributed by atoms with Crippen LogP contribution in [0.2, 0.25) is 0 Å². The molecule has 0 aliphatic heterocycles. The molecule has 89 valence electrons. The average molecular weight is 240 g/mol. The number of benzene rings is 1. The lowest BCUT2D eigenvalue weighted by molar-refractivity contribution is 0.392. The summed E-state index contributed by atoms with van der Waals surface area (Å²) in [6.07, 6.45) is 0. The summed E-state index contributed by atoms with van der Waals surface area (Å²) < 4.78 is 25.8. The minimum Gasteiger partial charge on any atom is -0.207 e. The second-order valence-electron chi connectivity index (χ2n) is 4.07. The van der Waals surface area contributed by atoms with Gasteiger partial charge in [0.2, 0.25) is 10.0 Å². The zero-order chi connectivity index (χ0) is 12.2. The van der Waals surface area contributed by atoms with Crippen molar-refractivity contribution in [3.8, 4) is 0 Å². The molecule has 0 aliphatic rings. The Hall–Kier alpha value is -0.870. The van der Waals surface area contributed by atoms with Crippen molar-refractivity contribution in [1.82, 2.24) is 4.31 Å². The summed E-state index contributed by atoms with van der Waals surface area (Å²) in [7, 11) is -3.38. The van der Waals surface area contributed by atoms with Crippen LogP contribution in [0.5, 0.6) is 0 Å². The number of hydrogen-bond acceptors (Lipinski definition) is 2. The highest BCUT2D eigenvalue weighted by atomic mass is 32.2. The van der Waals surface area contributed by atoms with Crippen LogP contribution in [0.4, 0.5) is 0 Å². The zero-order valence-corrected chi connectivity index (χ0v) is 10.6. The summed E-state index contributed by atoms with van der Waals surface area (Å²) in [5.41, 5.74) is 0. The van der Waals surface area contributed by atoms with Crippen molar-refractivity contribution < 1.29 is 8.42 Å². The first-order valence-electron chi connectivity index (χ1n) is 5.33. The fourth-order valence-corrected chi connectivity index (χ4v) is 2.99. The van der Waals surface area contributed by atoms with E-state index in [9.17, 15) is 8.42 Å². The van der Waals surface area contributed by atoms with E-state index in [0.29, 0.717) is 17.4 Å². The van der Waals surface area contributed by atoms with E-state index in [1.54, 1.807) is 30.3 Å². The third kappa shape index (κ3) is 3.06. The van der Waals surface area contributed by atoms with Gasteiger partial charge in [0.1, 0.15) is 0 Å². The summed E-state index contributed by atoms with van der Waals surface area (Å²) in [5.74, 6) is 0.292. The van der Waals surface area contributed by atoms with Crippen LogP contribution < -0.4 is 0 Å². The molecule has 0 heterocycles. The Morgan fingerprint density at radius 2 is 1.81 bits per heavy atom. The fourth-order valence-electron chi connectivity index (χ4n) is 1.46. The fraction of sp³-hybridized carbons (Fsp3) is 0.417. The molecule has 4 heteroatoms. The molecule has 1 aromatic rings.